The number of carbonyl (C=O) groups is 1. The normalized spacial score (nSPS) is 18.2. The fourth-order valence-electron chi connectivity index (χ4n) is 3.23. The highest BCUT2D eigenvalue weighted by Crippen LogP contribution is 2.30. The summed E-state index contributed by atoms with van der Waals surface area (Å²) in [7, 11) is 0. The van der Waals surface area contributed by atoms with E-state index in [1.807, 2.05) is 0 Å². The Kier molecular flexibility index (Phi) is 3.44. The molecule has 1 aliphatic heterocycles. The Morgan fingerprint density at radius 2 is 2.25 bits per heavy atom. The van der Waals surface area contributed by atoms with Crippen LogP contribution in [0.1, 0.15) is 47.2 Å². The molecule has 0 unspecified atom stereocenters. The van der Waals surface area contributed by atoms with Gasteiger partial charge in [-0.15, -0.1) is 0 Å². The SMILES string of the molecule is Cc1cc(C(=O)N2CCCC[C@@H]2c2cc(=O)n3ccnc3[nH]2)no1. The molecule has 8 nitrogen and oxygen atoms in total. The Hall–Kier alpha value is -2.90. The fraction of sp³-hybridized carbons (Fsp3) is 0.375. The van der Waals surface area contributed by atoms with E-state index < -0.39 is 0 Å². The number of nitrogens with zero attached hydrogens (tertiary/aromatic N) is 4. The van der Waals surface area contributed by atoms with Crippen molar-refractivity contribution in [1.29, 1.82) is 0 Å². The van der Waals surface area contributed by atoms with E-state index in [-0.39, 0.29) is 17.5 Å². The summed E-state index contributed by atoms with van der Waals surface area (Å²) in [6, 6.07) is 2.98. The number of imidazole rings is 1. The number of carbonyl (C=O) groups excluding carboxylic acids is 1. The summed E-state index contributed by atoms with van der Waals surface area (Å²) in [6.45, 7) is 2.37. The molecule has 124 valence electrons. The van der Waals surface area contributed by atoms with Crippen molar-refractivity contribution >= 4 is 11.7 Å². The van der Waals surface area contributed by atoms with E-state index in [4.69, 9.17) is 4.52 Å². The summed E-state index contributed by atoms with van der Waals surface area (Å²) >= 11 is 0. The van der Waals surface area contributed by atoms with Crippen LogP contribution in [-0.4, -0.2) is 36.9 Å². The second kappa shape index (κ2) is 5.63. The van der Waals surface area contributed by atoms with Crippen LogP contribution in [0, 0.1) is 6.92 Å². The van der Waals surface area contributed by atoms with Gasteiger partial charge in [0.1, 0.15) is 5.76 Å². The van der Waals surface area contributed by atoms with Gasteiger partial charge in [-0.05, 0) is 26.2 Å². The number of H-pyrrole nitrogens is 1. The quantitative estimate of drug-likeness (QED) is 0.772. The molecule has 0 saturated carbocycles. The van der Waals surface area contributed by atoms with Gasteiger partial charge >= 0.3 is 0 Å². The summed E-state index contributed by atoms with van der Waals surface area (Å²) in [4.78, 5) is 34.1. The third kappa shape index (κ3) is 2.40. The van der Waals surface area contributed by atoms with Crippen molar-refractivity contribution in [1.82, 2.24) is 24.4 Å². The summed E-state index contributed by atoms with van der Waals surface area (Å²) in [5, 5.41) is 3.82. The summed E-state index contributed by atoms with van der Waals surface area (Å²) in [6.07, 6.45) is 5.89. The molecule has 3 aromatic heterocycles. The maximum Gasteiger partial charge on any atom is 0.276 e. The summed E-state index contributed by atoms with van der Waals surface area (Å²) < 4.78 is 6.46. The number of piperidine rings is 1. The molecule has 0 bridgehead atoms. The van der Waals surface area contributed by atoms with Gasteiger partial charge in [0, 0.05) is 36.8 Å². The molecular weight excluding hydrogens is 310 g/mol. The average Bonchev–Trinajstić information content (AvgIpc) is 3.23. The highest BCUT2D eigenvalue weighted by Gasteiger charge is 2.31. The highest BCUT2D eigenvalue weighted by molar-refractivity contribution is 5.92. The van der Waals surface area contributed by atoms with Crippen LogP contribution in [0.25, 0.3) is 5.78 Å². The number of likely N-dealkylation sites (tertiary alicyclic amines) is 1. The number of nitrogens with one attached hydrogen (secondary N) is 1. The minimum atomic E-state index is -0.197. The Morgan fingerprint density at radius 3 is 3.04 bits per heavy atom. The molecule has 8 heteroatoms. The number of hydrogen-bond acceptors (Lipinski definition) is 5. The van der Waals surface area contributed by atoms with Crippen LogP contribution < -0.4 is 5.56 Å². The first kappa shape index (κ1) is 14.7. The fourth-order valence-corrected chi connectivity index (χ4v) is 3.23. The van der Waals surface area contributed by atoms with Crippen LogP contribution in [-0.2, 0) is 0 Å². The molecule has 0 spiro atoms. The lowest BCUT2D eigenvalue weighted by Gasteiger charge is -2.35. The van der Waals surface area contributed by atoms with Gasteiger partial charge in [-0.3, -0.25) is 14.0 Å². The number of amides is 1. The van der Waals surface area contributed by atoms with Crippen LogP contribution in [0.2, 0.25) is 0 Å². The smallest absolute Gasteiger partial charge is 0.276 e. The third-order valence-electron chi connectivity index (χ3n) is 4.38. The van der Waals surface area contributed by atoms with Crippen LogP contribution in [0.5, 0.6) is 0 Å². The number of aromatic nitrogens is 4. The first-order valence-electron chi connectivity index (χ1n) is 7.94. The lowest BCUT2D eigenvalue weighted by molar-refractivity contribution is 0.0595. The Balaban J connectivity index is 1.73. The summed E-state index contributed by atoms with van der Waals surface area (Å²) in [5.41, 5.74) is 0.835. The van der Waals surface area contributed by atoms with Gasteiger partial charge in [0.15, 0.2) is 5.69 Å². The van der Waals surface area contributed by atoms with Crippen molar-refractivity contribution in [3.05, 3.63) is 52.0 Å². The predicted octanol–water partition coefficient (Wildman–Crippen LogP) is 1.69. The molecule has 24 heavy (non-hydrogen) atoms. The van der Waals surface area contributed by atoms with Crippen molar-refractivity contribution in [2.75, 3.05) is 6.54 Å². The van der Waals surface area contributed by atoms with Crippen molar-refractivity contribution in [2.24, 2.45) is 0 Å². The average molecular weight is 327 g/mol. The first-order valence-corrected chi connectivity index (χ1v) is 7.94. The monoisotopic (exact) mass is 327 g/mol. The molecule has 0 aliphatic carbocycles. The number of rotatable bonds is 2. The molecule has 3 aromatic rings. The second-order valence-corrected chi connectivity index (χ2v) is 6.02. The number of aromatic amines is 1. The van der Waals surface area contributed by atoms with Gasteiger partial charge in [-0.25, -0.2) is 4.98 Å². The predicted molar refractivity (Wildman–Crippen MR) is 84.7 cm³/mol. The molecule has 1 N–H and O–H groups in total. The second-order valence-electron chi connectivity index (χ2n) is 6.02. The molecule has 1 atom stereocenters. The molecule has 1 aliphatic rings. The van der Waals surface area contributed by atoms with E-state index in [9.17, 15) is 9.59 Å². The topological polar surface area (TPSA) is 96.5 Å². The van der Waals surface area contributed by atoms with E-state index in [1.54, 1.807) is 36.4 Å². The first-order chi connectivity index (χ1) is 11.6. The van der Waals surface area contributed by atoms with Crippen LogP contribution >= 0.6 is 0 Å². The minimum Gasteiger partial charge on any atom is -0.361 e. The van der Waals surface area contributed by atoms with Crippen molar-refractivity contribution in [3.8, 4) is 0 Å². The largest absolute Gasteiger partial charge is 0.361 e. The van der Waals surface area contributed by atoms with Gasteiger partial charge in [0.05, 0.1) is 6.04 Å². The maximum atomic E-state index is 12.8. The third-order valence-corrected chi connectivity index (χ3v) is 4.38. The highest BCUT2D eigenvalue weighted by atomic mass is 16.5. The number of aryl methyl sites for hydroxylation is 1. The van der Waals surface area contributed by atoms with Crippen LogP contribution in [0.3, 0.4) is 0 Å². The minimum absolute atomic E-state index is 0.161. The van der Waals surface area contributed by atoms with Gasteiger partial charge in [0.2, 0.25) is 5.78 Å². The van der Waals surface area contributed by atoms with Crippen molar-refractivity contribution in [3.63, 3.8) is 0 Å². The van der Waals surface area contributed by atoms with E-state index in [0.717, 1.165) is 19.3 Å². The Morgan fingerprint density at radius 1 is 1.38 bits per heavy atom. The van der Waals surface area contributed by atoms with Crippen LogP contribution in [0.15, 0.2) is 33.8 Å². The zero-order valence-corrected chi connectivity index (χ0v) is 13.2. The van der Waals surface area contributed by atoms with E-state index in [1.165, 1.54) is 4.40 Å². The van der Waals surface area contributed by atoms with E-state index >= 15 is 0 Å². The molecule has 1 amide bonds. The standard InChI is InChI=1S/C16H17N5O3/c1-10-8-12(19-24-10)15(23)20-6-3-2-4-13(20)11-9-14(22)21-7-5-17-16(21)18-11/h5,7-9,13H,2-4,6H2,1H3,(H,17,18)/t13-/m1/s1. The Labute approximate surface area is 137 Å². The summed E-state index contributed by atoms with van der Waals surface area (Å²) in [5.74, 6) is 0.896. The zero-order chi connectivity index (χ0) is 16.7. The molecule has 0 aromatic carbocycles. The van der Waals surface area contributed by atoms with E-state index in [0.29, 0.717) is 29.5 Å². The zero-order valence-electron chi connectivity index (χ0n) is 13.2. The van der Waals surface area contributed by atoms with Gasteiger partial charge in [0.25, 0.3) is 11.5 Å². The maximum absolute atomic E-state index is 12.8. The van der Waals surface area contributed by atoms with E-state index in [2.05, 4.69) is 15.1 Å². The van der Waals surface area contributed by atoms with Crippen molar-refractivity contribution in [2.45, 2.75) is 32.2 Å². The lowest BCUT2D eigenvalue weighted by atomic mass is 9.98. The Bertz CT molecular complexity index is 954. The number of hydrogen-bond donors (Lipinski definition) is 1. The molecule has 4 heterocycles. The molecule has 0 radical (unpaired) electrons. The molecule has 4 rings (SSSR count). The molecule has 1 saturated heterocycles. The van der Waals surface area contributed by atoms with Crippen LogP contribution in [0.4, 0.5) is 0 Å². The molecule has 1 fully saturated rings. The molecular formula is C16H17N5O3. The van der Waals surface area contributed by atoms with Crippen molar-refractivity contribution < 1.29 is 9.32 Å². The van der Waals surface area contributed by atoms with Gasteiger partial charge in [-0.2, -0.15) is 0 Å². The lowest BCUT2D eigenvalue weighted by Crippen LogP contribution is -2.39. The van der Waals surface area contributed by atoms with Gasteiger partial charge in [-0.1, -0.05) is 5.16 Å². The number of fused-ring (bicyclic) bond motifs is 1. The van der Waals surface area contributed by atoms with Gasteiger partial charge < -0.3 is 14.4 Å².